The number of nitriles is 2. The molecule has 0 unspecified atom stereocenters. The predicted octanol–water partition coefficient (Wildman–Crippen LogP) is 25.6. The second kappa shape index (κ2) is 30.7. The van der Waals surface area contributed by atoms with Crippen molar-refractivity contribution in [3.63, 3.8) is 0 Å². The number of para-hydroxylation sites is 2. The lowest BCUT2D eigenvalue weighted by Gasteiger charge is -2.32. The Labute approximate surface area is 658 Å². The molecule has 0 atom stereocenters. The molecule has 0 aliphatic carbocycles. The van der Waals surface area contributed by atoms with Crippen LogP contribution in [0, 0.1) is 22.7 Å². The van der Waals surface area contributed by atoms with Gasteiger partial charge in [-0.3, -0.25) is 0 Å². The number of aromatic nitrogens is 4. The van der Waals surface area contributed by atoms with Gasteiger partial charge in [0.15, 0.2) is 11.6 Å². The van der Waals surface area contributed by atoms with E-state index in [0.29, 0.717) is 17.0 Å². The molecule has 1 aliphatic heterocycles. The van der Waals surface area contributed by atoms with Gasteiger partial charge in [0.1, 0.15) is 22.3 Å². The summed E-state index contributed by atoms with van der Waals surface area (Å²) >= 11 is 3.49. The molecule has 0 N–H and O–H groups in total. The molecule has 0 bridgehead atoms. The maximum atomic E-state index is 9.22. The minimum absolute atomic E-state index is 0.470. The Hall–Kier alpha value is -13.7. The Morgan fingerprint density at radius 3 is 1.03 bits per heavy atom. The van der Waals surface area contributed by atoms with E-state index in [9.17, 15) is 5.26 Å². The van der Waals surface area contributed by atoms with Crippen LogP contribution >= 0.6 is 15.9 Å². The van der Waals surface area contributed by atoms with Gasteiger partial charge in [0.2, 0.25) is 0 Å². The number of rotatable bonds is 12. The summed E-state index contributed by atoms with van der Waals surface area (Å²) < 4.78 is 27.1. The SMILES string of the molecule is Brc1ccc(-c2cc(-c3ccccc3)nc(-c3ccccc3)n2)cc1.CC1(C)OB(c2c(-c3ccc(-c4ccc(C#N)cc4)cc3)ccc3c2oc2ccccc23)OC1(C)C.N#Cc1ccc(-c2ccc(-c3ccc4c(oc5ccccc54)c3-c3ccc(-c4cc(-c5ccccc5)nc(-c5ccccc5)n4)cc3)cc2)cc1. The molecule has 112 heavy (non-hydrogen) atoms. The second-order valence-corrected chi connectivity index (χ2v) is 29.5. The van der Waals surface area contributed by atoms with Crippen LogP contribution in [0.2, 0.25) is 0 Å². The first-order valence-corrected chi connectivity index (χ1v) is 37.9. The van der Waals surface area contributed by atoms with Crippen LogP contribution in [0.15, 0.2) is 365 Å². The molecule has 4 aromatic heterocycles. The highest BCUT2D eigenvalue weighted by Gasteiger charge is 2.53. The van der Waals surface area contributed by atoms with Crippen LogP contribution in [0.4, 0.5) is 0 Å². The van der Waals surface area contributed by atoms with Gasteiger partial charge in [-0.1, -0.05) is 295 Å². The summed E-state index contributed by atoms with van der Waals surface area (Å²) in [5.74, 6) is 1.43. The number of benzene rings is 14. The second-order valence-electron chi connectivity index (χ2n) is 28.6. The molecule has 0 amide bonds. The van der Waals surface area contributed by atoms with E-state index in [2.05, 4.69) is 213 Å². The normalized spacial score (nSPS) is 12.7. The molecule has 5 heterocycles. The van der Waals surface area contributed by atoms with Crippen molar-refractivity contribution in [2.24, 2.45) is 0 Å². The molecule has 10 nitrogen and oxygen atoms in total. The molecular weight excluding hydrogens is 1440 g/mol. The third-order valence-corrected chi connectivity index (χ3v) is 21.5. The largest absolute Gasteiger partial charge is 0.499 e. The fourth-order valence-corrected chi connectivity index (χ4v) is 14.6. The molecule has 534 valence electrons. The van der Waals surface area contributed by atoms with Gasteiger partial charge >= 0.3 is 7.12 Å². The Bertz CT molecular complexity index is 6410. The molecule has 0 radical (unpaired) electrons. The summed E-state index contributed by atoms with van der Waals surface area (Å²) in [5, 5.41) is 22.6. The summed E-state index contributed by atoms with van der Waals surface area (Å²) in [6.45, 7) is 8.27. The zero-order valence-corrected chi connectivity index (χ0v) is 63.3. The van der Waals surface area contributed by atoms with Crippen molar-refractivity contribution in [3.05, 3.63) is 367 Å². The van der Waals surface area contributed by atoms with Crippen molar-refractivity contribution in [3.8, 4) is 136 Å². The van der Waals surface area contributed by atoms with Crippen LogP contribution in [0.3, 0.4) is 0 Å². The van der Waals surface area contributed by atoms with E-state index in [4.69, 9.17) is 43.3 Å². The lowest BCUT2D eigenvalue weighted by Crippen LogP contribution is -2.41. The van der Waals surface area contributed by atoms with Gasteiger partial charge in [0, 0.05) is 70.4 Å². The van der Waals surface area contributed by atoms with Crippen molar-refractivity contribution in [1.29, 1.82) is 10.5 Å². The summed E-state index contributed by atoms with van der Waals surface area (Å²) in [4.78, 5) is 19.6. The monoisotopic (exact) mass is 1510 g/mol. The van der Waals surface area contributed by atoms with Crippen LogP contribution in [-0.4, -0.2) is 38.3 Å². The van der Waals surface area contributed by atoms with Crippen LogP contribution < -0.4 is 5.46 Å². The van der Waals surface area contributed by atoms with Crippen molar-refractivity contribution < 1.29 is 18.1 Å². The molecule has 0 saturated carbocycles. The quantitative estimate of drug-likeness (QED) is 0.108. The van der Waals surface area contributed by atoms with Gasteiger partial charge in [-0.25, -0.2) is 19.9 Å². The van der Waals surface area contributed by atoms with Crippen molar-refractivity contribution in [1.82, 2.24) is 19.9 Å². The lowest BCUT2D eigenvalue weighted by molar-refractivity contribution is 0.00578. The maximum Gasteiger partial charge on any atom is 0.499 e. The molecule has 12 heteroatoms. The summed E-state index contributed by atoms with van der Waals surface area (Å²) in [6.07, 6.45) is 0. The van der Waals surface area contributed by atoms with Gasteiger partial charge in [-0.15, -0.1) is 0 Å². The summed E-state index contributed by atoms with van der Waals surface area (Å²) in [5.41, 5.74) is 25.0. The fourth-order valence-electron chi connectivity index (χ4n) is 14.3. The molecule has 1 fully saturated rings. The molecular formula is C100H70BBrN6O4. The first kappa shape index (κ1) is 71.2. The summed E-state index contributed by atoms with van der Waals surface area (Å²) in [6, 6.07) is 123. The zero-order chi connectivity index (χ0) is 76.3. The van der Waals surface area contributed by atoms with Crippen molar-refractivity contribution >= 4 is 72.4 Å². The lowest BCUT2D eigenvalue weighted by atomic mass is 9.73. The fraction of sp³-hybridized carbons (Fsp3) is 0.0600. The minimum Gasteiger partial charge on any atom is -0.456 e. The Kier molecular flexibility index (Phi) is 19.5. The number of hydrogen-bond acceptors (Lipinski definition) is 10. The first-order valence-electron chi connectivity index (χ1n) is 37.1. The molecule has 19 rings (SSSR count). The third kappa shape index (κ3) is 14.5. The van der Waals surface area contributed by atoms with E-state index >= 15 is 0 Å². The number of fused-ring (bicyclic) bond motifs is 6. The number of nitrogens with zero attached hydrogens (tertiary/aromatic N) is 6. The predicted molar refractivity (Wildman–Crippen MR) is 458 cm³/mol. The third-order valence-electron chi connectivity index (χ3n) is 21.0. The maximum absolute atomic E-state index is 9.22. The Morgan fingerprint density at radius 2 is 0.607 bits per heavy atom. The molecule has 14 aromatic carbocycles. The van der Waals surface area contributed by atoms with Crippen molar-refractivity contribution in [2.75, 3.05) is 0 Å². The van der Waals surface area contributed by atoms with Gasteiger partial charge in [-0.05, 0) is 151 Å². The Morgan fingerprint density at radius 1 is 0.295 bits per heavy atom. The number of hydrogen-bond donors (Lipinski definition) is 0. The smallest absolute Gasteiger partial charge is 0.456 e. The van der Waals surface area contributed by atoms with Crippen molar-refractivity contribution in [2.45, 2.75) is 38.9 Å². The van der Waals surface area contributed by atoms with Crippen LogP contribution in [0.1, 0.15) is 38.8 Å². The minimum atomic E-state index is -0.563. The van der Waals surface area contributed by atoms with Gasteiger partial charge in [-0.2, -0.15) is 10.5 Å². The summed E-state index contributed by atoms with van der Waals surface area (Å²) in [7, 11) is -0.563. The van der Waals surface area contributed by atoms with Crippen LogP contribution in [0.5, 0.6) is 0 Å². The standard InChI is InChI=1S/C47H29N3O.C31H26BNO3.C22H15BrN2/c48-30-31-15-17-32(18-16-31)33-19-21-34(22-20-33)39-27-28-41-40-13-7-8-14-44(40)51-46(41)45(39)37-25-23-36(24-26-37)43-29-42(35-9-3-1-4-10-35)49-47(50-43)38-11-5-2-6-12-38;1-30(2)31(3,4)36-32(35-30)28-24(17-18-26-25-7-5-6-8-27(25)34-29(26)28)23-15-13-22(14-16-23)21-11-9-20(19-33)10-12-21;23-19-13-11-17(12-14-19)21-15-20(16-7-3-1-4-8-16)24-22(25-21)18-9-5-2-6-10-18/h1-29H;5-18H,1-4H3;1-15H. The van der Waals surface area contributed by atoms with Gasteiger partial charge in [0.25, 0.3) is 0 Å². The highest BCUT2D eigenvalue weighted by molar-refractivity contribution is 9.10. The highest BCUT2D eigenvalue weighted by Crippen LogP contribution is 2.45. The molecule has 18 aromatic rings. The molecule has 1 aliphatic rings. The van der Waals surface area contributed by atoms with E-state index in [1.54, 1.807) is 0 Å². The number of furan rings is 2. The topological polar surface area (TPSA) is 144 Å². The van der Waals surface area contributed by atoms with E-state index in [1.165, 1.54) is 0 Å². The highest BCUT2D eigenvalue weighted by atomic mass is 79.9. The Balaban J connectivity index is 0.000000130. The average molecular weight is 1510 g/mol. The van der Waals surface area contributed by atoms with E-state index in [-0.39, 0.29) is 0 Å². The van der Waals surface area contributed by atoms with Crippen LogP contribution in [0.25, 0.3) is 167 Å². The van der Waals surface area contributed by atoms with E-state index in [1.807, 2.05) is 194 Å². The zero-order valence-electron chi connectivity index (χ0n) is 61.8. The molecule has 0 spiro atoms. The molecule has 1 saturated heterocycles. The van der Waals surface area contributed by atoms with Crippen LogP contribution in [-0.2, 0) is 9.31 Å². The van der Waals surface area contributed by atoms with E-state index in [0.717, 1.165) is 171 Å². The number of halogens is 1. The van der Waals surface area contributed by atoms with E-state index < -0.39 is 18.3 Å². The first-order chi connectivity index (χ1) is 54.8. The average Bonchev–Trinajstić information content (AvgIpc) is 1.58. The van der Waals surface area contributed by atoms with Gasteiger partial charge < -0.3 is 18.1 Å². The van der Waals surface area contributed by atoms with Gasteiger partial charge in [0.05, 0.1) is 57.2 Å².